The van der Waals surface area contributed by atoms with Crippen molar-refractivity contribution < 1.29 is 14.3 Å². The standard InChI is InChI=1S/C15H23N3O3/c1-15(9-21-10-15)14(19)18-6-12(8-20-3)13(7-18)11-4-16-17(2)5-11/h4-5,12-13H,6-10H2,1-3H3/t12-,13-/m0/s1. The maximum absolute atomic E-state index is 12.7. The Morgan fingerprint density at radius 1 is 1.52 bits per heavy atom. The van der Waals surface area contributed by atoms with Gasteiger partial charge in [-0.1, -0.05) is 0 Å². The van der Waals surface area contributed by atoms with Crippen LogP contribution in [0.25, 0.3) is 0 Å². The van der Waals surface area contributed by atoms with Gasteiger partial charge in [0.05, 0.1) is 31.4 Å². The first kappa shape index (κ1) is 14.5. The van der Waals surface area contributed by atoms with E-state index in [1.807, 2.05) is 35.9 Å². The van der Waals surface area contributed by atoms with Crippen LogP contribution in [-0.4, -0.2) is 60.6 Å². The Bertz CT molecular complexity index is 524. The highest BCUT2D eigenvalue weighted by Crippen LogP contribution is 2.37. The van der Waals surface area contributed by atoms with Crippen molar-refractivity contribution in [1.29, 1.82) is 0 Å². The van der Waals surface area contributed by atoms with Crippen LogP contribution in [0.15, 0.2) is 12.4 Å². The minimum atomic E-state index is -0.332. The van der Waals surface area contributed by atoms with Crippen LogP contribution in [0, 0.1) is 11.3 Å². The quantitative estimate of drug-likeness (QED) is 0.818. The molecule has 1 aromatic heterocycles. The van der Waals surface area contributed by atoms with Crippen LogP contribution in [0.4, 0.5) is 0 Å². The van der Waals surface area contributed by atoms with Crippen molar-refractivity contribution >= 4 is 5.91 Å². The summed E-state index contributed by atoms with van der Waals surface area (Å²) in [6.45, 7) is 5.22. The smallest absolute Gasteiger partial charge is 0.233 e. The SMILES string of the molecule is COC[C@@H]1CN(C(=O)C2(C)COC2)C[C@H]1c1cnn(C)c1. The maximum Gasteiger partial charge on any atom is 0.233 e. The minimum absolute atomic E-state index is 0.209. The Morgan fingerprint density at radius 3 is 2.81 bits per heavy atom. The van der Waals surface area contributed by atoms with Crippen molar-refractivity contribution in [3.8, 4) is 0 Å². The van der Waals surface area contributed by atoms with E-state index in [2.05, 4.69) is 5.10 Å². The topological polar surface area (TPSA) is 56.6 Å². The number of carbonyl (C=O) groups is 1. The molecule has 0 N–H and O–H groups in total. The van der Waals surface area contributed by atoms with E-state index in [4.69, 9.17) is 9.47 Å². The van der Waals surface area contributed by atoms with Gasteiger partial charge in [0.15, 0.2) is 0 Å². The van der Waals surface area contributed by atoms with Crippen molar-refractivity contribution in [2.75, 3.05) is 40.0 Å². The third-order valence-corrected chi connectivity index (χ3v) is 4.62. The number of ether oxygens (including phenoxy) is 2. The molecule has 0 aliphatic carbocycles. The van der Waals surface area contributed by atoms with Crippen molar-refractivity contribution in [1.82, 2.24) is 14.7 Å². The van der Waals surface area contributed by atoms with Gasteiger partial charge in [0.2, 0.25) is 5.91 Å². The van der Waals surface area contributed by atoms with Gasteiger partial charge in [-0.25, -0.2) is 0 Å². The third-order valence-electron chi connectivity index (χ3n) is 4.62. The fraction of sp³-hybridized carbons (Fsp3) is 0.733. The lowest BCUT2D eigenvalue weighted by atomic mass is 9.87. The zero-order valence-corrected chi connectivity index (χ0v) is 12.9. The van der Waals surface area contributed by atoms with Crippen LogP contribution in [-0.2, 0) is 21.3 Å². The predicted molar refractivity (Wildman–Crippen MR) is 76.8 cm³/mol. The Morgan fingerprint density at radius 2 is 2.29 bits per heavy atom. The zero-order chi connectivity index (χ0) is 15.0. The average Bonchev–Trinajstić information content (AvgIpc) is 3.02. The van der Waals surface area contributed by atoms with Gasteiger partial charge >= 0.3 is 0 Å². The van der Waals surface area contributed by atoms with Gasteiger partial charge in [-0.15, -0.1) is 0 Å². The van der Waals surface area contributed by atoms with Crippen LogP contribution in [0.3, 0.4) is 0 Å². The number of aromatic nitrogens is 2. The highest BCUT2D eigenvalue weighted by molar-refractivity contribution is 5.83. The normalized spacial score (nSPS) is 27.7. The lowest BCUT2D eigenvalue weighted by molar-refractivity contribution is -0.167. The summed E-state index contributed by atoms with van der Waals surface area (Å²) in [4.78, 5) is 14.6. The predicted octanol–water partition coefficient (Wildman–Crippen LogP) is 0.645. The summed E-state index contributed by atoms with van der Waals surface area (Å²) >= 11 is 0. The number of hydrogen-bond acceptors (Lipinski definition) is 4. The van der Waals surface area contributed by atoms with Crippen LogP contribution < -0.4 is 0 Å². The number of nitrogens with zero attached hydrogens (tertiary/aromatic N) is 3. The molecule has 1 aromatic rings. The summed E-state index contributed by atoms with van der Waals surface area (Å²) in [6, 6.07) is 0. The minimum Gasteiger partial charge on any atom is -0.384 e. The molecule has 0 radical (unpaired) electrons. The second-order valence-corrected chi connectivity index (χ2v) is 6.53. The van der Waals surface area contributed by atoms with E-state index in [1.165, 1.54) is 5.56 Å². The van der Waals surface area contributed by atoms with E-state index in [1.54, 1.807) is 7.11 Å². The molecule has 2 aliphatic rings. The van der Waals surface area contributed by atoms with Crippen molar-refractivity contribution in [2.45, 2.75) is 12.8 Å². The van der Waals surface area contributed by atoms with Crippen LogP contribution >= 0.6 is 0 Å². The Hall–Kier alpha value is -1.40. The van der Waals surface area contributed by atoms with Gasteiger partial charge in [-0.3, -0.25) is 9.48 Å². The molecular weight excluding hydrogens is 270 g/mol. The number of carbonyl (C=O) groups excluding carboxylic acids is 1. The third kappa shape index (κ3) is 2.58. The van der Waals surface area contributed by atoms with Gasteiger partial charge in [0, 0.05) is 45.3 Å². The lowest BCUT2D eigenvalue weighted by Crippen LogP contribution is -2.53. The van der Waals surface area contributed by atoms with Gasteiger partial charge in [0.25, 0.3) is 0 Å². The van der Waals surface area contributed by atoms with E-state index in [9.17, 15) is 4.79 Å². The molecule has 0 unspecified atom stereocenters. The summed E-state index contributed by atoms with van der Waals surface area (Å²) in [6.07, 6.45) is 3.94. The van der Waals surface area contributed by atoms with Crippen molar-refractivity contribution in [3.63, 3.8) is 0 Å². The number of likely N-dealkylation sites (tertiary alicyclic amines) is 1. The molecule has 3 rings (SSSR count). The van der Waals surface area contributed by atoms with Crippen LogP contribution in [0.5, 0.6) is 0 Å². The van der Waals surface area contributed by atoms with Gasteiger partial charge < -0.3 is 14.4 Å². The highest BCUT2D eigenvalue weighted by atomic mass is 16.5. The van der Waals surface area contributed by atoms with E-state index >= 15 is 0 Å². The molecule has 0 saturated carbocycles. The fourth-order valence-electron chi connectivity index (χ4n) is 3.34. The molecule has 2 fully saturated rings. The summed E-state index contributed by atoms with van der Waals surface area (Å²) in [7, 11) is 3.63. The molecule has 0 bridgehead atoms. The lowest BCUT2D eigenvalue weighted by Gasteiger charge is -2.39. The van der Waals surface area contributed by atoms with E-state index < -0.39 is 0 Å². The van der Waals surface area contributed by atoms with E-state index in [0.29, 0.717) is 31.7 Å². The molecule has 6 heteroatoms. The molecule has 116 valence electrons. The molecular formula is C15H23N3O3. The second kappa shape index (κ2) is 5.42. The number of rotatable bonds is 4. The molecule has 21 heavy (non-hydrogen) atoms. The molecule has 6 nitrogen and oxygen atoms in total. The fourth-order valence-corrected chi connectivity index (χ4v) is 3.34. The Balaban J connectivity index is 1.76. The molecule has 0 aromatic carbocycles. The summed E-state index contributed by atoms with van der Waals surface area (Å²) in [5.41, 5.74) is 0.853. The first-order valence-corrected chi connectivity index (χ1v) is 7.38. The summed E-state index contributed by atoms with van der Waals surface area (Å²) in [5, 5.41) is 4.25. The molecule has 1 amide bonds. The molecule has 2 saturated heterocycles. The van der Waals surface area contributed by atoms with Gasteiger partial charge in [0.1, 0.15) is 0 Å². The second-order valence-electron chi connectivity index (χ2n) is 6.53. The number of methoxy groups -OCH3 is 1. The van der Waals surface area contributed by atoms with Crippen LogP contribution in [0.2, 0.25) is 0 Å². The van der Waals surface area contributed by atoms with E-state index in [0.717, 1.165) is 13.1 Å². The number of amides is 1. The largest absolute Gasteiger partial charge is 0.384 e. The first-order valence-electron chi connectivity index (χ1n) is 7.38. The van der Waals surface area contributed by atoms with E-state index in [-0.39, 0.29) is 11.3 Å². The Kier molecular flexibility index (Phi) is 3.75. The maximum atomic E-state index is 12.7. The molecule has 2 aliphatic heterocycles. The average molecular weight is 293 g/mol. The summed E-state index contributed by atoms with van der Waals surface area (Å²) in [5.74, 6) is 0.834. The Labute approximate surface area is 125 Å². The van der Waals surface area contributed by atoms with Gasteiger partial charge in [-0.05, 0) is 12.5 Å². The number of hydrogen-bond donors (Lipinski definition) is 0. The van der Waals surface area contributed by atoms with Gasteiger partial charge in [-0.2, -0.15) is 5.10 Å². The summed E-state index contributed by atoms with van der Waals surface area (Å²) < 4.78 is 12.4. The number of aryl methyl sites for hydroxylation is 1. The molecule has 2 atom stereocenters. The highest BCUT2D eigenvalue weighted by Gasteiger charge is 2.47. The van der Waals surface area contributed by atoms with Crippen LogP contribution in [0.1, 0.15) is 18.4 Å². The monoisotopic (exact) mass is 293 g/mol. The zero-order valence-electron chi connectivity index (χ0n) is 12.9. The van der Waals surface area contributed by atoms with Crippen molar-refractivity contribution in [2.24, 2.45) is 18.4 Å². The molecule has 0 spiro atoms. The van der Waals surface area contributed by atoms with Crippen molar-refractivity contribution in [3.05, 3.63) is 18.0 Å². The first-order chi connectivity index (χ1) is 10.0. The molecule has 3 heterocycles.